The lowest BCUT2D eigenvalue weighted by molar-refractivity contribution is 0.412. The van der Waals surface area contributed by atoms with Crippen molar-refractivity contribution in [1.29, 1.82) is 0 Å². The van der Waals surface area contributed by atoms with Gasteiger partial charge in [-0.05, 0) is 47.0 Å². The van der Waals surface area contributed by atoms with Crippen molar-refractivity contribution >= 4 is 27.3 Å². The van der Waals surface area contributed by atoms with E-state index in [1.54, 1.807) is 18.4 Å². The van der Waals surface area contributed by atoms with Crippen LogP contribution in [0.25, 0.3) is 0 Å². The Labute approximate surface area is 125 Å². The summed E-state index contributed by atoms with van der Waals surface area (Å²) in [5.41, 5.74) is 8.46. The van der Waals surface area contributed by atoms with Gasteiger partial charge in [0.1, 0.15) is 5.75 Å². The third-order valence-electron chi connectivity index (χ3n) is 2.82. The summed E-state index contributed by atoms with van der Waals surface area (Å²) in [4.78, 5) is 4.45. The van der Waals surface area contributed by atoms with Gasteiger partial charge in [0.25, 0.3) is 0 Å². The van der Waals surface area contributed by atoms with E-state index < -0.39 is 0 Å². The minimum atomic E-state index is 0.0887. The number of benzene rings is 1. The van der Waals surface area contributed by atoms with Gasteiger partial charge in [0.2, 0.25) is 0 Å². The first-order valence-corrected chi connectivity index (χ1v) is 7.74. The molecular weight excluding hydrogens is 324 g/mol. The Morgan fingerprint density at radius 2 is 2.21 bits per heavy atom. The molecule has 2 aromatic rings. The maximum Gasteiger partial charge on any atom is 0.133 e. The Morgan fingerprint density at radius 1 is 1.42 bits per heavy atom. The van der Waals surface area contributed by atoms with Crippen LogP contribution in [0.5, 0.6) is 5.75 Å². The number of hydrogen-bond acceptors (Lipinski definition) is 4. The third kappa shape index (κ3) is 4.03. The molecule has 0 amide bonds. The van der Waals surface area contributed by atoms with E-state index in [9.17, 15) is 0 Å². The summed E-state index contributed by atoms with van der Waals surface area (Å²) in [5, 5.41) is 3.17. The number of nitrogens with zero attached hydrogens (tertiary/aromatic N) is 1. The summed E-state index contributed by atoms with van der Waals surface area (Å²) >= 11 is 5.17. The Bertz CT molecular complexity index is 556. The molecule has 19 heavy (non-hydrogen) atoms. The lowest BCUT2D eigenvalue weighted by atomic mass is 10.0. The van der Waals surface area contributed by atoms with Crippen LogP contribution < -0.4 is 10.5 Å². The zero-order chi connectivity index (χ0) is 13.8. The highest BCUT2D eigenvalue weighted by molar-refractivity contribution is 9.10. The monoisotopic (exact) mass is 340 g/mol. The summed E-state index contributed by atoms with van der Waals surface area (Å²) in [6.45, 7) is 2.01. The van der Waals surface area contributed by atoms with E-state index in [0.717, 1.165) is 33.8 Å². The van der Waals surface area contributed by atoms with Gasteiger partial charge in [-0.25, -0.2) is 4.98 Å². The van der Waals surface area contributed by atoms with Gasteiger partial charge in [-0.3, -0.25) is 0 Å². The molecule has 1 aromatic carbocycles. The number of aromatic nitrogens is 1. The van der Waals surface area contributed by atoms with Crippen LogP contribution in [0.15, 0.2) is 28.1 Å². The first-order valence-electron chi connectivity index (χ1n) is 6.07. The molecule has 5 heteroatoms. The molecule has 1 aromatic heterocycles. The van der Waals surface area contributed by atoms with Crippen molar-refractivity contribution in [3.8, 4) is 5.75 Å². The molecule has 2 rings (SSSR count). The number of thiazole rings is 1. The molecule has 1 heterocycles. The van der Waals surface area contributed by atoms with Gasteiger partial charge in [0.15, 0.2) is 0 Å². The molecule has 102 valence electrons. The Morgan fingerprint density at radius 3 is 2.79 bits per heavy atom. The van der Waals surface area contributed by atoms with E-state index in [4.69, 9.17) is 10.5 Å². The first-order chi connectivity index (χ1) is 9.08. The fourth-order valence-electron chi connectivity index (χ4n) is 1.93. The number of hydrogen-bond donors (Lipinski definition) is 1. The van der Waals surface area contributed by atoms with Crippen molar-refractivity contribution in [2.24, 2.45) is 5.73 Å². The number of aryl methyl sites for hydroxylation is 1. The molecule has 0 saturated carbocycles. The Balaban J connectivity index is 1.98. The summed E-state index contributed by atoms with van der Waals surface area (Å²) < 4.78 is 6.18. The predicted molar refractivity (Wildman–Crippen MR) is 82.9 cm³/mol. The third-order valence-corrected chi connectivity index (χ3v) is 4.43. The van der Waals surface area contributed by atoms with E-state index in [-0.39, 0.29) is 6.04 Å². The van der Waals surface area contributed by atoms with Crippen LogP contribution in [0.4, 0.5) is 0 Å². The second kappa shape index (κ2) is 6.50. The predicted octanol–water partition coefficient (Wildman–Crippen LogP) is 3.34. The molecule has 0 spiro atoms. The number of halogens is 1. The average molecular weight is 341 g/mol. The van der Waals surface area contributed by atoms with Gasteiger partial charge in [-0.2, -0.15) is 0 Å². The van der Waals surface area contributed by atoms with Crippen LogP contribution in [-0.4, -0.2) is 18.1 Å². The highest BCUT2D eigenvalue weighted by Crippen LogP contribution is 2.26. The molecular formula is C14H17BrN2OS. The van der Waals surface area contributed by atoms with Crippen LogP contribution in [-0.2, 0) is 12.8 Å². The van der Waals surface area contributed by atoms with Crippen molar-refractivity contribution in [2.75, 3.05) is 7.11 Å². The second-order valence-electron chi connectivity index (χ2n) is 4.52. The average Bonchev–Trinajstić information content (AvgIpc) is 2.74. The molecule has 0 radical (unpaired) electrons. The number of rotatable bonds is 5. The molecule has 0 bridgehead atoms. The fourth-order valence-corrected chi connectivity index (χ4v) is 3.39. The van der Waals surface area contributed by atoms with Gasteiger partial charge in [0, 0.05) is 23.5 Å². The minimum absolute atomic E-state index is 0.0887. The quantitative estimate of drug-likeness (QED) is 0.907. The molecule has 1 unspecified atom stereocenters. The number of ether oxygens (including phenoxy) is 1. The van der Waals surface area contributed by atoms with Crippen molar-refractivity contribution < 1.29 is 4.74 Å². The Kier molecular flexibility index (Phi) is 4.96. The smallest absolute Gasteiger partial charge is 0.133 e. The standard InChI is InChI=1S/C14H17BrN2OS/c1-9-8-19-14(17-9)7-11(16)5-10-3-4-13(18-2)12(15)6-10/h3-4,6,8,11H,5,7,16H2,1-2H3. The highest BCUT2D eigenvalue weighted by atomic mass is 79.9. The van der Waals surface area contributed by atoms with E-state index in [1.165, 1.54) is 5.56 Å². The van der Waals surface area contributed by atoms with Crippen molar-refractivity contribution in [2.45, 2.75) is 25.8 Å². The van der Waals surface area contributed by atoms with Crippen LogP contribution >= 0.6 is 27.3 Å². The fraction of sp³-hybridized carbons (Fsp3) is 0.357. The van der Waals surface area contributed by atoms with Gasteiger partial charge in [0.05, 0.1) is 16.6 Å². The van der Waals surface area contributed by atoms with Crippen LogP contribution in [0.3, 0.4) is 0 Å². The van der Waals surface area contributed by atoms with Crippen LogP contribution in [0.1, 0.15) is 16.3 Å². The maximum absolute atomic E-state index is 6.19. The summed E-state index contributed by atoms with van der Waals surface area (Å²) in [6, 6.07) is 6.16. The lowest BCUT2D eigenvalue weighted by Gasteiger charge is -2.11. The summed E-state index contributed by atoms with van der Waals surface area (Å²) in [7, 11) is 1.66. The van der Waals surface area contributed by atoms with Gasteiger partial charge < -0.3 is 10.5 Å². The number of nitrogens with two attached hydrogens (primary N) is 1. The molecule has 2 N–H and O–H groups in total. The minimum Gasteiger partial charge on any atom is -0.496 e. The second-order valence-corrected chi connectivity index (χ2v) is 6.32. The normalized spacial score (nSPS) is 12.4. The molecule has 0 fully saturated rings. The molecule has 0 saturated heterocycles. The summed E-state index contributed by atoms with van der Waals surface area (Å²) in [6.07, 6.45) is 1.66. The Hall–Kier alpha value is -0.910. The van der Waals surface area contributed by atoms with E-state index in [0.29, 0.717) is 0 Å². The van der Waals surface area contributed by atoms with Gasteiger partial charge >= 0.3 is 0 Å². The van der Waals surface area contributed by atoms with E-state index >= 15 is 0 Å². The van der Waals surface area contributed by atoms with Crippen molar-refractivity contribution in [3.63, 3.8) is 0 Å². The van der Waals surface area contributed by atoms with E-state index in [2.05, 4.69) is 38.4 Å². The highest BCUT2D eigenvalue weighted by Gasteiger charge is 2.09. The number of methoxy groups -OCH3 is 1. The van der Waals surface area contributed by atoms with Crippen molar-refractivity contribution in [1.82, 2.24) is 4.98 Å². The molecule has 0 aliphatic heterocycles. The molecule has 0 aliphatic carbocycles. The zero-order valence-corrected chi connectivity index (χ0v) is 13.4. The first kappa shape index (κ1) is 14.5. The topological polar surface area (TPSA) is 48.1 Å². The maximum atomic E-state index is 6.19. The largest absolute Gasteiger partial charge is 0.496 e. The van der Waals surface area contributed by atoms with Crippen LogP contribution in [0, 0.1) is 6.92 Å². The molecule has 3 nitrogen and oxygen atoms in total. The molecule has 1 atom stereocenters. The lowest BCUT2D eigenvalue weighted by Crippen LogP contribution is -2.25. The SMILES string of the molecule is COc1ccc(CC(N)Cc2nc(C)cs2)cc1Br. The van der Waals surface area contributed by atoms with Crippen LogP contribution in [0.2, 0.25) is 0 Å². The van der Waals surface area contributed by atoms with Gasteiger partial charge in [-0.1, -0.05) is 6.07 Å². The summed E-state index contributed by atoms with van der Waals surface area (Å²) in [5.74, 6) is 0.841. The molecule has 0 aliphatic rings. The zero-order valence-electron chi connectivity index (χ0n) is 11.0. The van der Waals surface area contributed by atoms with Gasteiger partial charge in [-0.15, -0.1) is 11.3 Å². The van der Waals surface area contributed by atoms with Crippen molar-refractivity contribution in [3.05, 3.63) is 44.3 Å². The van der Waals surface area contributed by atoms with E-state index in [1.807, 2.05) is 13.0 Å².